The van der Waals surface area contributed by atoms with Crippen molar-refractivity contribution in [1.29, 1.82) is 0 Å². The molecule has 6 rings (SSSR count). The molecule has 0 aliphatic carbocycles. The summed E-state index contributed by atoms with van der Waals surface area (Å²) >= 11 is 0. The second-order valence-electron chi connectivity index (χ2n) is 8.67. The molecular formula is C28H24N8. The number of fused-ring (bicyclic) bond motifs is 2. The lowest BCUT2D eigenvalue weighted by atomic mass is 10.0. The van der Waals surface area contributed by atoms with Crippen LogP contribution in [-0.2, 0) is 0 Å². The minimum Gasteiger partial charge on any atom is -0.358 e. The van der Waals surface area contributed by atoms with Crippen molar-refractivity contribution >= 4 is 27.8 Å². The molecule has 0 saturated heterocycles. The standard InChI is InChI=1S/C28H24N8/c1-3-4-17(2)33-21-11-19(14-30-16-21)20-12-24-26(35-36-28(24)32-15-20)25-13-23-22(7-10-31-27(23)34-25)18-5-8-29-9-6-18/h5-16,33H,2-4H2,1H3,(H,31,34)(H,32,35,36). The Morgan fingerprint density at radius 2 is 1.75 bits per heavy atom. The first-order chi connectivity index (χ1) is 17.7. The van der Waals surface area contributed by atoms with Crippen molar-refractivity contribution in [3.8, 4) is 33.6 Å². The van der Waals surface area contributed by atoms with Crippen LogP contribution < -0.4 is 5.32 Å². The number of nitrogens with one attached hydrogen (secondary N) is 3. The molecule has 0 aromatic carbocycles. The van der Waals surface area contributed by atoms with Gasteiger partial charge in [0.25, 0.3) is 0 Å². The first kappa shape index (κ1) is 21.7. The maximum absolute atomic E-state index is 4.60. The molecular weight excluding hydrogens is 448 g/mol. The predicted molar refractivity (Wildman–Crippen MR) is 143 cm³/mol. The second-order valence-corrected chi connectivity index (χ2v) is 8.67. The van der Waals surface area contributed by atoms with Gasteiger partial charge in [0, 0.05) is 58.6 Å². The molecule has 176 valence electrons. The average Bonchev–Trinajstić information content (AvgIpc) is 3.53. The molecule has 6 heterocycles. The lowest BCUT2D eigenvalue weighted by Gasteiger charge is -2.09. The number of hydrogen-bond acceptors (Lipinski definition) is 6. The highest BCUT2D eigenvalue weighted by atomic mass is 15.2. The third-order valence-corrected chi connectivity index (χ3v) is 6.15. The summed E-state index contributed by atoms with van der Waals surface area (Å²) < 4.78 is 0. The Kier molecular flexibility index (Phi) is 5.46. The Morgan fingerprint density at radius 3 is 2.61 bits per heavy atom. The quantitative estimate of drug-likeness (QED) is 0.250. The van der Waals surface area contributed by atoms with E-state index in [4.69, 9.17) is 0 Å². The van der Waals surface area contributed by atoms with Gasteiger partial charge in [-0.25, -0.2) is 9.97 Å². The zero-order valence-corrected chi connectivity index (χ0v) is 19.8. The Labute approximate surface area is 207 Å². The number of rotatable bonds is 7. The fraction of sp³-hybridized carbons (Fsp3) is 0.107. The number of aromatic amines is 2. The Balaban J connectivity index is 1.40. The fourth-order valence-electron chi connectivity index (χ4n) is 4.44. The lowest BCUT2D eigenvalue weighted by molar-refractivity contribution is 0.913. The number of hydrogen-bond donors (Lipinski definition) is 3. The lowest BCUT2D eigenvalue weighted by Crippen LogP contribution is -1.98. The van der Waals surface area contributed by atoms with Gasteiger partial charge in [-0.15, -0.1) is 0 Å². The minimum atomic E-state index is 0.647. The molecule has 0 amide bonds. The third kappa shape index (κ3) is 3.98. The molecule has 0 atom stereocenters. The molecule has 3 N–H and O–H groups in total. The number of pyridine rings is 4. The van der Waals surface area contributed by atoms with Crippen LogP contribution in [0.1, 0.15) is 19.8 Å². The third-order valence-electron chi connectivity index (χ3n) is 6.15. The van der Waals surface area contributed by atoms with Gasteiger partial charge < -0.3 is 10.3 Å². The smallest absolute Gasteiger partial charge is 0.181 e. The molecule has 8 nitrogen and oxygen atoms in total. The van der Waals surface area contributed by atoms with E-state index in [1.54, 1.807) is 18.6 Å². The topological polar surface area (TPSA) is 108 Å². The summed E-state index contributed by atoms with van der Waals surface area (Å²) in [7, 11) is 0. The summed E-state index contributed by atoms with van der Waals surface area (Å²) in [6.07, 6.45) is 12.8. The van der Waals surface area contributed by atoms with Crippen molar-refractivity contribution in [1.82, 2.24) is 35.1 Å². The molecule has 0 aliphatic rings. The van der Waals surface area contributed by atoms with Crippen LogP contribution in [0.4, 0.5) is 5.69 Å². The Bertz CT molecular complexity index is 1700. The van der Waals surface area contributed by atoms with E-state index in [1.807, 2.05) is 36.8 Å². The van der Waals surface area contributed by atoms with E-state index in [9.17, 15) is 0 Å². The van der Waals surface area contributed by atoms with E-state index in [1.165, 1.54) is 0 Å². The molecule has 6 aromatic rings. The zero-order chi connectivity index (χ0) is 24.5. The largest absolute Gasteiger partial charge is 0.358 e. The maximum Gasteiger partial charge on any atom is 0.181 e. The van der Waals surface area contributed by atoms with Crippen molar-refractivity contribution in [2.24, 2.45) is 0 Å². The van der Waals surface area contributed by atoms with Crippen molar-refractivity contribution in [3.05, 3.63) is 85.9 Å². The first-order valence-electron chi connectivity index (χ1n) is 11.8. The van der Waals surface area contributed by atoms with Gasteiger partial charge in [-0.3, -0.25) is 15.1 Å². The van der Waals surface area contributed by atoms with E-state index in [-0.39, 0.29) is 0 Å². The highest BCUT2D eigenvalue weighted by Crippen LogP contribution is 2.34. The monoisotopic (exact) mass is 472 g/mol. The normalized spacial score (nSPS) is 11.2. The van der Waals surface area contributed by atoms with Crippen LogP contribution in [0, 0.1) is 0 Å². The van der Waals surface area contributed by atoms with Gasteiger partial charge in [-0.1, -0.05) is 19.9 Å². The molecule has 0 saturated carbocycles. The van der Waals surface area contributed by atoms with Gasteiger partial charge in [0.15, 0.2) is 5.65 Å². The van der Waals surface area contributed by atoms with Crippen molar-refractivity contribution < 1.29 is 0 Å². The molecule has 6 aromatic heterocycles. The fourth-order valence-corrected chi connectivity index (χ4v) is 4.44. The number of anilines is 1. The van der Waals surface area contributed by atoms with Gasteiger partial charge in [-0.05, 0) is 53.9 Å². The molecule has 36 heavy (non-hydrogen) atoms. The minimum absolute atomic E-state index is 0.647. The van der Waals surface area contributed by atoms with Gasteiger partial charge in [0.1, 0.15) is 5.65 Å². The van der Waals surface area contributed by atoms with E-state index >= 15 is 0 Å². The highest BCUT2D eigenvalue weighted by Gasteiger charge is 2.15. The number of aromatic nitrogens is 7. The van der Waals surface area contributed by atoms with Gasteiger partial charge in [0.05, 0.1) is 23.3 Å². The number of allylic oxidation sites excluding steroid dienone is 1. The SMILES string of the molecule is C=C(CCC)Nc1cncc(-c2cnc3n[nH]c(-c4cc5c(-c6ccncc6)ccnc5[nH]4)c3c2)c1. The summed E-state index contributed by atoms with van der Waals surface area (Å²) in [5.74, 6) is 0. The summed E-state index contributed by atoms with van der Waals surface area (Å²) in [6.45, 7) is 6.22. The van der Waals surface area contributed by atoms with Crippen molar-refractivity contribution in [3.63, 3.8) is 0 Å². The second kappa shape index (κ2) is 9.07. The van der Waals surface area contributed by atoms with Crippen LogP contribution in [0.25, 0.3) is 55.7 Å². The van der Waals surface area contributed by atoms with Crippen LogP contribution in [-0.4, -0.2) is 35.1 Å². The molecule has 0 radical (unpaired) electrons. The van der Waals surface area contributed by atoms with Crippen LogP contribution in [0.5, 0.6) is 0 Å². The van der Waals surface area contributed by atoms with Crippen LogP contribution in [0.3, 0.4) is 0 Å². The Morgan fingerprint density at radius 1 is 0.889 bits per heavy atom. The number of nitrogens with zero attached hydrogens (tertiary/aromatic N) is 5. The van der Waals surface area contributed by atoms with Crippen molar-refractivity contribution in [2.75, 3.05) is 5.32 Å². The molecule has 0 unspecified atom stereocenters. The molecule has 0 spiro atoms. The van der Waals surface area contributed by atoms with E-state index in [2.05, 4.69) is 72.1 Å². The van der Waals surface area contributed by atoms with E-state index in [0.29, 0.717) is 5.65 Å². The first-order valence-corrected chi connectivity index (χ1v) is 11.8. The summed E-state index contributed by atoms with van der Waals surface area (Å²) in [5, 5.41) is 12.9. The molecule has 0 bridgehead atoms. The number of H-pyrrole nitrogens is 2. The average molecular weight is 473 g/mol. The maximum atomic E-state index is 4.60. The summed E-state index contributed by atoms with van der Waals surface area (Å²) in [5.41, 5.74) is 9.18. The van der Waals surface area contributed by atoms with Gasteiger partial charge in [-0.2, -0.15) is 5.10 Å². The molecule has 0 fully saturated rings. The van der Waals surface area contributed by atoms with Crippen LogP contribution in [0.15, 0.2) is 85.9 Å². The van der Waals surface area contributed by atoms with Gasteiger partial charge >= 0.3 is 0 Å². The summed E-state index contributed by atoms with van der Waals surface area (Å²) in [4.78, 5) is 21.1. The molecule has 0 aliphatic heterocycles. The summed E-state index contributed by atoms with van der Waals surface area (Å²) in [6, 6.07) is 12.3. The molecule has 8 heteroatoms. The highest BCUT2D eigenvalue weighted by molar-refractivity contribution is 5.99. The van der Waals surface area contributed by atoms with Gasteiger partial charge in [0.2, 0.25) is 0 Å². The van der Waals surface area contributed by atoms with E-state index in [0.717, 1.165) is 74.3 Å². The zero-order valence-electron chi connectivity index (χ0n) is 19.8. The van der Waals surface area contributed by atoms with E-state index < -0.39 is 0 Å². The predicted octanol–water partition coefficient (Wildman–Crippen LogP) is 6.35. The van der Waals surface area contributed by atoms with Crippen LogP contribution >= 0.6 is 0 Å². The van der Waals surface area contributed by atoms with Crippen molar-refractivity contribution in [2.45, 2.75) is 19.8 Å². The Hall–Kier alpha value is -4.85. The van der Waals surface area contributed by atoms with Crippen LogP contribution in [0.2, 0.25) is 0 Å².